The first-order valence-electron chi connectivity index (χ1n) is 12.1. The van der Waals surface area contributed by atoms with Crippen LogP contribution in [0.15, 0.2) is 77.3 Å². The van der Waals surface area contributed by atoms with Gasteiger partial charge in [0, 0.05) is 23.0 Å². The maximum absolute atomic E-state index is 13.7. The Hall–Kier alpha value is -3.12. The van der Waals surface area contributed by atoms with Crippen LogP contribution in [0.1, 0.15) is 43.0 Å². The lowest BCUT2D eigenvalue weighted by Gasteiger charge is -2.33. The highest BCUT2D eigenvalue weighted by molar-refractivity contribution is 9.10. The molecule has 0 spiro atoms. The van der Waals surface area contributed by atoms with Crippen molar-refractivity contribution in [3.05, 3.63) is 99.5 Å². The maximum atomic E-state index is 13.7. The van der Waals surface area contributed by atoms with Crippen LogP contribution in [-0.2, 0) is 22.6 Å². The number of nitrogens with zero attached hydrogens (tertiary/aromatic N) is 1. The summed E-state index contributed by atoms with van der Waals surface area (Å²) in [5.41, 5.74) is 3.73. The van der Waals surface area contributed by atoms with Gasteiger partial charge in [0.2, 0.25) is 5.91 Å². The van der Waals surface area contributed by atoms with Crippen molar-refractivity contribution in [1.29, 1.82) is 0 Å². The van der Waals surface area contributed by atoms with Crippen molar-refractivity contribution in [3.8, 4) is 5.75 Å². The molecular formula is C30H35BrN2O3. The summed E-state index contributed by atoms with van der Waals surface area (Å²) in [6, 6.07) is 22.6. The van der Waals surface area contributed by atoms with Crippen LogP contribution in [0.2, 0.25) is 0 Å². The highest BCUT2D eigenvalue weighted by atomic mass is 79.9. The van der Waals surface area contributed by atoms with E-state index in [1.54, 1.807) is 4.90 Å². The summed E-state index contributed by atoms with van der Waals surface area (Å²) in [5, 5.41) is 3.08. The van der Waals surface area contributed by atoms with Gasteiger partial charge < -0.3 is 15.0 Å². The zero-order valence-corrected chi connectivity index (χ0v) is 23.3. The molecule has 0 radical (unpaired) electrons. The molecule has 5 nitrogen and oxygen atoms in total. The molecule has 3 rings (SSSR count). The quantitative estimate of drug-likeness (QED) is 0.355. The van der Waals surface area contributed by atoms with Gasteiger partial charge in [-0.25, -0.2) is 0 Å². The van der Waals surface area contributed by atoms with Crippen molar-refractivity contribution >= 4 is 27.7 Å². The zero-order valence-electron chi connectivity index (χ0n) is 21.7. The fourth-order valence-corrected chi connectivity index (χ4v) is 4.09. The molecule has 3 aromatic rings. The Morgan fingerprint density at radius 2 is 1.58 bits per heavy atom. The molecular weight excluding hydrogens is 516 g/mol. The van der Waals surface area contributed by atoms with Gasteiger partial charge in [-0.2, -0.15) is 0 Å². The highest BCUT2D eigenvalue weighted by Crippen LogP contribution is 2.20. The first-order valence-corrected chi connectivity index (χ1v) is 12.9. The number of hydrogen-bond donors (Lipinski definition) is 1. The van der Waals surface area contributed by atoms with Crippen LogP contribution in [-0.4, -0.2) is 34.9 Å². The summed E-state index contributed by atoms with van der Waals surface area (Å²) in [6.45, 7) is 9.99. The van der Waals surface area contributed by atoms with Crippen LogP contribution in [0.3, 0.4) is 0 Å². The minimum absolute atomic E-state index is 0.160. The van der Waals surface area contributed by atoms with Crippen molar-refractivity contribution in [1.82, 2.24) is 10.2 Å². The lowest BCUT2D eigenvalue weighted by atomic mass is 10.0. The van der Waals surface area contributed by atoms with Crippen molar-refractivity contribution < 1.29 is 14.3 Å². The number of rotatable bonds is 9. The number of benzene rings is 3. The summed E-state index contributed by atoms with van der Waals surface area (Å²) < 4.78 is 6.84. The average Bonchev–Trinajstić information content (AvgIpc) is 2.82. The standard InChI is InChI=1S/C30H35BrN2O3/c1-21-11-16-26(17-22(21)2)36-20-28(34)33(19-24-12-14-25(31)15-13-24)27(29(35)32-30(3,4)5)18-23-9-7-6-8-10-23/h6-17,27H,18-20H2,1-5H3,(H,32,35)/t27-/m0/s1. The summed E-state index contributed by atoms with van der Waals surface area (Å²) in [6.07, 6.45) is 0.397. The van der Waals surface area contributed by atoms with E-state index in [9.17, 15) is 9.59 Å². The molecule has 2 amide bonds. The predicted octanol–water partition coefficient (Wildman–Crippen LogP) is 6.00. The summed E-state index contributed by atoms with van der Waals surface area (Å²) in [4.78, 5) is 28.8. The summed E-state index contributed by atoms with van der Waals surface area (Å²) in [7, 11) is 0. The van der Waals surface area contributed by atoms with Crippen molar-refractivity contribution in [2.45, 2.75) is 59.2 Å². The van der Waals surface area contributed by atoms with Crippen molar-refractivity contribution in [3.63, 3.8) is 0 Å². The van der Waals surface area contributed by atoms with Crippen LogP contribution < -0.4 is 10.1 Å². The largest absolute Gasteiger partial charge is 0.484 e. The fraction of sp³-hybridized carbons (Fsp3) is 0.333. The number of aryl methyl sites for hydroxylation is 2. The molecule has 36 heavy (non-hydrogen) atoms. The smallest absolute Gasteiger partial charge is 0.261 e. The third-order valence-electron chi connectivity index (χ3n) is 5.88. The van der Waals surface area contributed by atoms with Crippen LogP contribution in [0.25, 0.3) is 0 Å². The molecule has 0 aliphatic carbocycles. The molecule has 0 unspecified atom stereocenters. The van der Waals surface area contributed by atoms with E-state index in [2.05, 4.69) is 21.2 Å². The Morgan fingerprint density at radius 3 is 2.19 bits per heavy atom. The van der Waals surface area contributed by atoms with E-state index in [1.165, 1.54) is 0 Å². The van der Waals surface area contributed by atoms with E-state index in [4.69, 9.17) is 4.74 Å². The lowest BCUT2D eigenvalue weighted by molar-refractivity contribution is -0.143. The first-order chi connectivity index (χ1) is 17.0. The minimum atomic E-state index is -0.703. The molecule has 0 saturated carbocycles. The molecule has 0 aromatic heterocycles. The van der Waals surface area contributed by atoms with E-state index in [1.807, 2.05) is 107 Å². The molecule has 0 bridgehead atoms. The van der Waals surface area contributed by atoms with Gasteiger partial charge in [0.25, 0.3) is 5.91 Å². The van der Waals surface area contributed by atoms with Gasteiger partial charge in [-0.15, -0.1) is 0 Å². The SMILES string of the molecule is Cc1ccc(OCC(=O)N(Cc2ccc(Br)cc2)[C@@H](Cc2ccccc2)C(=O)NC(C)(C)C)cc1C. The Kier molecular flexibility index (Phi) is 9.32. The third-order valence-corrected chi connectivity index (χ3v) is 6.40. The van der Waals surface area contributed by atoms with Crippen LogP contribution >= 0.6 is 15.9 Å². The average molecular weight is 552 g/mol. The highest BCUT2D eigenvalue weighted by Gasteiger charge is 2.32. The molecule has 190 valence electrons. The van der Waals surface area contributed by atoms with E-state index < -0.39 is 11.6 Å². The van der Waals surface area contributed by atoms with E-state index in [0.29, 0.717) is 12.2 Å². The van der Waals surface area contributed by atoms with Crippen LogP contribution in [0.4, 0.5) is 0 Å². The second kappa shape index (κ2) is 12.2. The Labute approximate surface area is 223 Å². The van der Waals surface area contributed by atoms with E-state index in [0.717, 1.165) is 26.7 Å². The molecule has 1 N–H and O–H groups in total. The Morgan fingerprint density at radius 1 is 0.917 bits per heavy atom. The number of amides is 2. The topological polar surface area (TPSA) is 58.6 Å². The number of ether oxygens (including phenoxy) is 1. The summed E-state index contributed by atoms with van der Waals surface area (Å²) >= 11 is 3.47. The summed E-state index contributed by atoms with van der Waals surface area (Å²) in [5.74, 6) is 0.193. The van der Waals surface area contributed by atoms with Gasteiger partial charge in [0.15, 0.2) is 6.61 Å². The number of hydrogen-bond acceptors (Lipinski definition) is 3. The molecule has 0 saturated heterocycles. The molecule has 0 fully saturated rings. The number of nitrogens with one attached hydrogen (secondary N) is 1. The molecule has 0 aliphatic rings. The van der Waals surface area contributed by atoms with Crippen molar-refractivity contribution in [2.24, 2.45) is 0 Å². The van der Waals surface area contributed by atoms with Crippen LogP contribution in [0.5, 0.6) is 5.75 Å². The first kappa shape index (κ1) is 27.5. The molecule has 3 aromatic carbocycles. The lowest BCUT2D eigenvalue weighted by Crippen LogP contribution is -2.55. The van der Waals surface area contributed by atoms with Gasteiger partial charge in [-0.05, 0) is 81.1 Å². The van der Waals surface area contributed by atoms with Gasteiger partial charge in [-0.3, -0.25) is 9.59 Å². The van der Waals surface area contributed by atoms with Gasteiger partial charge >= 0.3 is 0 Å². The van der Waals surface area contributed by atoms with Gasteiger partial charge in [0.1, 0.15) is 11.8 Å². The zero-order chi connectivity index (χ0) is 26.3. The predicted molar refractivity (Wildman–Crippen MR) is 148 cm³/mol. The molecule has 1 atom stereocenters. The minimum Gasteiger partial charge on any atom is -0.484 e. The Balaban J connectivity index is 1.92. The van der Waals surface area contributed by atoms with Crippen molar-refractivity contribution in [2.75, 3.05) is 6.61 Å². The fourth-order valence-electron chi connectivity index (χ4n) is 3.83. The number of carbonyl (C=O) groups excluding carboxylic acids is 2. The van der Waals surface area contributed by atoms with Gasteiger partial charge in [-0.1, -0.05) is 64.5 Å². The van der Waals surface area contributed by atoms with Crippen LogP contribution in [0, 0.1) is 13.8 Å². The maximum Gasteiger partial charge on any atom is 0.261 e. The molecule has 6 heteroatoms. The monoisotopic (exact) mass is 550 g/mol. The second-order valence-electron chi connectivity index (χ2n) is 10.1. The van der Waals surface area contributed by atoms with E-state index >= 15 is 0 Å². The number of halogens is 1. The second-order valence-corrected chi connectivity index (χ2v) is 11.0. The third kappa shape index (κ3) is 8.23. The molecule has 0 aliphatic heterocycles. The normalized spacial score (nSPS) is 12.1. The molecule has 0 heterocycles. The Bertz CT molecular complexity index is 1170. The van der Waals surface area contributed by atoms with E-state index in [-0.39, 0.29) is 25.0 Å². The van der Waals surface area contributed by atoms with Gasteiger partial charge in [0.05, 0.1) is 0 Å². The number of carbonyl (C=O) groups is 2.